The fraction of sp³-hybridized carbons (Fsp3) is 0.412. The van der Waals surface area contributed by atoms with Gasteiger partial charge < -0.3 is 14.0 Å². The van der Waals surface area contributed by atoms with Crippen LogP contribution < -0.4 is 0 Å². The van der Waals surface area contributed by atoms with E-state index in [4.69, 9.17) is 4.52 Å². The third-order valence-corrected chi connectivity index (χ3v) is 4.70. The van der Waals surface area contributed by atoms with Crippen molar-refractivity contribution in [3.05, 3.63) is 41.7 Å². The number of hydrogen-bond acceptors (Lipinski definition) is 5. The standard InChI is InChI=1S/C17H19N5O2/c1-11-15-8-13(9-19-16(15)24-20-11)17(23)21-6-3-4-14(10-21)22-7-5-18-12(22)2/h5,7-9,14H,3-4,6,10H2,1-2H3/t14-/m1/s1. The van der Waals surface area contributed by atoms with Crippen molar-refractivity contribution in [3.63, 3.8) is 0 Å². The summed E-state index contributed by atoms with van der Waals surface area (Å²) in [5.41, 5.74) is 1.80. The lowest BCUT2D eigenvalue weighted by Gasteiger charge is -2.34. The van der Waals surface area contributed by atoms with Gasteiger partial charge in [0.1, 0.15) is 5.82 Å². The van der Waals surface area contributed by atoms with E-state index in [1.807, 2.05) is 37.2 Å². The first kappa shape index (κ1) is 14.9. The number of amides is 1. The Morgan fingerprint density at radius 1 is 1.33 bits per heavy atom. The molecule has 0 radical (unpaired) electrons. The minimum Gasteiger partial charge on any atom is -0.337 e. The lowest BCUT2D eigenvalue weighted by atomic mass is 10.0. The summed E-state index contributed by atoms with van der Waals surface area (Å²) in [6.07, 6.45) is 7.41. The highest BCUT2D eigenvalue weighted by molar-refractivity contribution is 5.97. The first-order valence-corrected chi connectivity index (χ1v) is 8.14. The largest absolute Gasteiger partial charge is 0.337 e. The van der Waals surface area contributed by atoms with Gasteiger partial charge in [-0.2, -0.15) is 0 Å². The fourth-order valence-corrected chi connectivity index (χ4v) is 3.38. The number of pyridine rings is 1. The Kier molecular flexibility index (Phi) is 3.55. The van der Waals surface area contributed by atoms with Crippen LogP contribution in [-0.2, 0) is 0 Å². The number of aromatic nitrogens is 4. The van der Waals surface area contributed by atoms with Crippen LogP contribution in [0.5, 0.6) is 0 Å². The Bertz CT molecular complexity index is 897. The second-order valence-electron chi connectivity index (χ2n) is 6.27. The number of carbonyl (C=O) groups excluding carboxylic acids is 1. The first-order chi connectivity index (χ1) is 11.6. The molecule has 4 heterocycles. The molecule has 0 spiro atoms. The van der Waals surface area contributed by atoms with E-state index in [2.05, 4.69) is 19.7 Å². The van der Waals surface area contributed by atoms with Crippen LogP contribution in [-0.4, -0.2) is 43.6 Å². The molecule has 24 heavy (non-hydrogen) atoms. The molecule has 3 aromatic heterocycles. The van der Waals surface area contributed by atoms with Crippen LogP contribution in [0.3, 0.4) is 0 Å². The predicted octanol–water partition coefficient (Wildman–Crippen LogP) is 2.51. The van der Waals surface area contributed by atoms with E-state index in [0.717, 1.165) is 36.3 Å². The molecule has 0 aliphatic carbocycles. The van der Waals surface area contributed by atoms with Crippen LogP contribution in [0.15, 0.2) is 29.2 Å². The van der Waals surface area contributed by atoms with Crippen molar-refractivity contribution in [2.75, 3.05) is 13.1 Å². The molecular weight excluding hydrogens is 306 g/mol. The topological polar surface area (TPSA) is 77.0 Å². The van der Waals surface area contributed by atoms with Gasteiger partial charge in [-0.1, -0.05) is 5.16 Å². The molecule has 3 aromatic rings. The van der Waals surface area contributed by atoms with E-state index < -0.39 is 0 Å². The molecule has 1 aliphatic heterocycles. The Hall–Kier alpha value is -2.70. The molecule has 1 aliphatic rings. The summed E-state index contributed by atoms with van der Waals surface area (Å²) in [6.45, 7) is 5.30. The van der Waals surface area contributed by atoms with E-state index in [-0.39, 0.29) is 11.9 Å². The molecule has 1 amide bonds. The van der Waals surface area contributed by atoms with Crippen LogP contribution in [0.1, 0.15) is 40.8 Å². The molecule has 1 atom stereocenters. The molecule has 0 unspecified atom stereocenters. The van der Waals surface area contributed by atoms with Crippen molar-refractivity contribution in [3.8, 4) is 0 Å². The number of imidazole rings is 1. The summed E-state index contributed by atoms with van der Waals surface area (Å²) < 4.78 is 7.27. The number of piperidine rings is 1. The van der Waals surface area contributed by atoms with Crippen molar-refractivity contribution < 1.29 is 9.32 Å². The van der Waals surface area contributed by atoms with E-state index in [9.17, 15) is 4.79 Å². The van der Waals surface area contributed by atoms with E-state index in [1.165, 1.54) is 0 Å². The van der Waals surface area contributed by atoms with Gasteiger partial charge in [0.25, 0.3) is 11.6 Å². The molecule has 1 fully saturated rings. The summed E-state index contributed by atoms with van der Waals surface area (Å²) in [4.78, 5) is 23.3. The second-order valence-corrected chi connectivity index (χ2v) is 6.27. The van der Waals surface area contributed by atoms with Crippen LogP contribution in [0, 0.1) is 13.8 Å². The molecule has 7 heteroatoms. The molecule has 0 aromatic carbocycles. The Balaban J connectivity index is 1.58. The Morgan fingerprint density at radius 3 is 3.00 bits per heavy atom. The van der Waals surface area contributed by atoms with Crippen LogP contribution in [0.2, 0.25) is 0 Å². The highest BCUT2D eigenvalue weighted by Gasteiger charge is 2.26. The van der Waals surface area contributed by atoms with Crippen molar-refractivity contribution in [2.24, 2.45) is 0 Å². The van der Waals surface area contributed by atoms with Crippen molar-refractivity contribution >= 4 is 17.0 Å². The van der Waals surface area contributed by atoms with E-state index in [0.29, 0.717) is 17.8 Å². The van der Waals surface area contributed by atoms with Crippen LogP contribution >= 0.6 is 0 Å². The molecule has 1 saturated heterocycles. The highest BCUT2D eigenvalue weighted by atomic mass is 16.5. The van der Waals surface area contributed by atoms with Gasteiger partial charge in [0.15, 0.2) is 0 Å². The third-order valence-electron chi connectivity index (χ3n) is 4.70. The second kappa shape index (κ2) is 5.74. The predicted molar refractivity (Wildman–Crippen MR) is 87.7 cm³/mol. The van der Waals surface area contributed by atoms with E-state index >= 15 is 0 Å². The summed E-state index contributed by atoms with van der Waals surface area (Å²) >= 11 is 0. The normalized spacial score (nSPS) is 18.2. The molecular formula is C17H19N5O2. The fourth-order valence-electron chi connectivity index (χ4n) is 3.38. The average molecular weight is 325 g/mol. The zero-order valence-corrected chi connectivity index (χ0v) is 13.8. The minimum absolute atomic E-state index is 0.00692. The molecule has 7 nitrogen and oxygen atoms in total. The molecule has 4 rings (SSSR count). The van der Waals surface area contributed by atoms with Gasteiger partial charge in [-0.15, -0.1) is 0 Å². The smallest absolute Gasteiger partial charge is 0.257 e. The summed E-state index contributed by atoms with van der Waals surface area (Å²) in [5.74, 6) is 0.991. The van der Waals surface area contributed by atoms with Gasteiger partial charge in [0.2, 0.25) is 0 Å². The van der Waals surface area contributed by atoms with Gasteiger partial charge in [-0.3, -0.25) is 4.79 Å². The van der Waals surface area contributed by atoms with Gasteiger partial charge >= 0.3 is 0 Å². The number of carbonyl (C=O) groups is 1. The quantitative estimate of drug-likeness (QED) is 0.723. The number of nitrogens with zero attached hydrogens (tertiary/aromatic N) is 5. The monoisotopic (exact) mass is 325 g/mol. The van der Waals surface area contributed by atoms with Crippen molar-refractivity contribution in [1.82, 2.24) is 24.6 Å². The Labute approximate surface area is 139 Å². The van der Waals surface area contributed by atoms with Crippen LogP contribution in [0.4, 0.5) is 0 Å². The Morgan fingerprint density at radius 2 is 2.21 bits per heavy atom. The van der Waals surface area contributed by atoms with Crippen LogP contribution in [0.25, 0.3) is 11.1 Å². The van der Waals surface area contributed by atoms with Crippen molar-refractivity contribution in [1.29, 1.82) is 0 Å². The van der Waals surface area contributed by atoms with Gasteiger partial charge in [0.05, 0.1) is 22.7 Å². The summed E-state index contributed by atoms with van der Waals surface area (Å²) in [6, 6.07) is 2.10. The number of fused-ring (bicyclic) bond motifs is 1. The SMILES string of the molecule is Cc1noc2ncc(C(=O)N3CCC[C@@H](n4ccnc4C)C3)cc12. The molecule has 124 valence electrons. The first-order valence-electron chi connectivity index (χ1n) is 8.14. The summed E-state index contributed by atoms with van der Waals surface area (Å²) in [5, 5.41) is 4.68. The van der Waals surface area contributed by atoms with Gasteiger partial charge in [-0.25, -0.2) is 9.97 Å². The molecule has 0 bridgehead atoms. The number of aryl methyl sites for hydroxylation is 2. The number of rotatable bonds is 2. The minimum atomic E-state index is 0.00692. The van der Waals surface area contributed by atoms with E-state index in [1.54, 1.807) is 6.20 Å². The third kappa shape index (κ3) is 2.46. The summed E-state index contributed by atoms with van der Waals surface area (Å²) in [7, 11) is 0. The average Bonchev–Trinajstić information content (AvgIpc) is 3.20. The lowest BCUT2D eigenvalue weighted by molar-refractivity contribution is 0.0678. The zero-order chi connectivity index (χ0) is 16.7. The van der Waals surface area contributed by atoms with Crippen molar-refractivity contribution in [2.45, 2.75) is 32.7 Å². The van der Waals surface area contributed by atoms with Gasteiger partial charge in [0, 0.05) is 31.7 Å². The number of likely N-dealkylation sites (tertiary alicyclic amines) is 1. The lowest BCUT2D eigenvalue weighted by Crippen LogP contribution is -2.40. The maximum Gasteiger partial charge on any atom is 0.257 e. The molecule has 0 N–H and O–H groups in total. The highest BCUT2D eigenvalue weighted by Crippen LogP contribution is 2.25. The zero-order valence-electron chi connectivity index (χ0n) is 13.8. The molecule has 0 saturated carbocycles. The maximum absolute atomic E-state index is 12.9. The maximum atomic E-state index is 12.9. The van der Waals surface area contributed by atoms with Gasteiger partial charge in [-0.05, 0) is 32.8 Å². The number of hydrogen-bond donors (Lipinski definition) is 0.